The lowest BCUT2D eigenvalue weighted by atomic mass is 9.86. The molecule has 0 radical (unpaired) electrons. The van der Waals surface area contributed by atoms with Crippen molar-refractivity contribution in [1.82, 2.24) is 19.6 Å². The number of amides is 1. The van der Waals surface area contributed by atoms with Crippen molar-refractivity contribution in [2.24, 2.45) is 7.05 Å². The van der Waals surface area contributed by atoms with Crippen LogP contribution >= 0.6 is 0 Å². The predicted octanol–water partition coefficient (Wildman–Crippen LogP) is 1.07. The number of hydrogen-bond donors (Lipinski definition) is 1. The van der Waals surface area contributed by atoms with E-state index in [1.165, 1.54) is 0 Å². The van der Waals surface area contributed by atoms with Crippen LogP contribution in [0.15, 0.2) is 6.20 Å². The van der Waals surface area contributed by atoms with Gasteiger partial charge in [0.1, 0.15) is 5.82 Å². The standard InChI is InChI=1S/C16H21N5O3S/c1-9-13(7-20(3)18-9)12-6-14(22)17-16-15(12)10(2)19-21(16)11-4-5-25(23,24)8-11/h7,11-12H,4-6,8H2,1-3H3,(H,17,22)/t11-,12-/m1/s1. The van der Waals surface area contributed by atoms with Gasteiger partial charge < -0.3 is 5.32 Å². The number of nitrogens with zero attached hydrogens (tertiary/aromatic N) is 4. The molecule has 2 aliphatic heterocycles. The van der Waals surface area contributed by atoms with E-state index in [0.717, 1.165) is 22.5 Å². The van der Waals surface area contributed by atoms with E-state index in [-0.39, 0.29) is 29.4 Å². The summed E-state index contributed by atoms with van der Waals surface area (Å²) in [7, 11) is -1.17. The maximum atomic E-state index is 12.3. The Morgan fingerprint density at radius 2 is 2.00 bits per heavy atom. The minimum atomic E-state index is -3.03. The molecule has 4 heterocycles. The topological polar surface area (TPSA) is 98.9 Å². The summed E-state index contributed by atoms with van der Waals surface area (Å²) >= 11 is 0. The molecular weight excluding hydrogens is 342 g/mol. The van der Waals surface area contributed by atoms with E-state index in [2.05, 4.69) is 15.5 Å². The van der Waals surface area contributed by atoms with E-state index >= 15 is 0 Å². The largest absolute Gasteiger partial charge is 0.311 e. The van der Waals surface area contributed by atoms with Crippen LogP contribution in [-0.2, 0) is 21.7 Å². The van der Waals surface area contributed by atoms with E-state index in [0.29, 0.717) is 18.7 Å². The molecule has 2 aromatic heterocycles. The van der Waals surface area contributed by atoms with E-state index in [1.54, 1.807) is 9.36 Å². The highest BCUT2D eigenvalue weighted by atomic mass is 32.2. The summed E-state index contributed by atoms with van der Waals surface area (Å²) in [6, 6.07) is -0.221. The first-order valence-electron chi connectivity index (χ1n) is 8.34. The van der Waals surface area contributed by atoms with Gasteiger partial charge in [-0.1, -0.05) is 0 Å². The molecule has 0 saturated carbocycles. The van der Waals surface area contributed by atoms with Crippen molar-refractivity contribution < 1.29 is 13.2 Å². The van der Waals surface area contributed by atoms with Crippen molar-refractivity contribution in [1.29, 1.82) is 0 Å². The Balaban J connectivity index is 1.82. The first-order chi connectivity index (χ1) is 11.7. The van der Waals surface area contributed by atoms with Gasteiger partial charge in [-0.2, -0.15) is 10.2 Å². The van der Waals surface area contributed by atoms with Crippen LogP contribution in [0.4, 0.5) is 5.82 Å². The summed E-state index contributed by atoms with van der Waals surface area (Å²) in [4.78, 5) is 12.3. The fourth-order valence-corrected chi connectivity index (χ4v) is 5.72. The van der Waals surface area contributed by atoms with Crippen LogP contribution in [-0.4, -0.2) is 45.4 Å². The number of anilines is 1. The Bertz CT molecular complexity index is 972. The molecule has 4 rings (SSSR count). The molecule has 0 aromatic carbocycles. The molecule has 1 N–H and O–H groups in total. The first kappa shape index (κ1) is 16.3. The molecule has 1 saturated heterocycles. The Morgan fingerprint density at radius 1 is 1.24 bits per heavy atom. The van der Waals surface area contributed by atoms with Crippen LogP contribution in [0.2, 0.25) is 0 Å². The quantitative estimate of drug-likeness (QED) is 0.860. The number of nitrogens with one attached hydrogen (secondary N) is 1. The number of carbonyl (C=O) groups is 1. The number of aromatic nitrogens is 4. The molecular formula is C16H21N5O3S. The van der Waals surface area contributed by atoms with Gasteiger partial charge in [0, 0.05) is 36.7 Å². The molecule has 2 aromatic rings. The van der Waals surface area contributed by atoms with Crippen molar-refractivity contribution in [2.75, 3.05) is 16.8 Å². The van der Waals surface area contributed by atoms with Crippen LogP contribution < -0.4 is 5.32 Å². The molecule has 0 aliphatic carbocycles. The number of carbonyl (C=O) groups excluding carboxylic acids is 1. The maximum absolute atomic E-state index is 12.3. The number of hydrogen-bond acceptors (Lipinski definition) is 5. The fraction of sp³-hybridized carbons (Fsp3) is 0.562. The number of aryl methyl sites for hydroxylation is 3. The van der Waals surface area contributed by atoms with Crippen molar-refractivity contribution in [3.05, 3.63) is 28.7 Å². The normalized spacial score (nSPS) is 25.0. The maximum Gasteiger partial charge on any atom is 0.226 e. The average Bonchev–Trinajstić information content (AvgIpc) is 3.14. The lowest BCUT2D eigenvalue weighted by Gasteiger charge is -2.25. The highest BCUT2D eigenvalue weighted by Gasteiger charge is 2.38. The fourth-order valence-electron chi connectivity index (χ4n) is 4.03. The molecule has 0 spiro atoms. The second-order valence-corrected chi connectivity index (χ2v) is 9.23. The third-order valence-electron chi connectivity index (χ3n) is 5.11. The number of rotatable bonds is 2. The lowest BCUT2D eigenvalue weighted by Crippen LogP contribution is -2.26. The van der Waals surface area contributed by atoms with Crippen molar-refractivity contribution in [2.45, 2.75) is 38.6 Å². The van der Waals surface area contributed by atoms with Crippen LogP contribution in [0.5, 0.6) is 0 Å². The van der Waals surface area contributed by atoms with Gasteiger partial charge in [0.2, 0.25) is 5.91 Å². The Hall–Kier alpha value is -2.16. The van der Waals surface area contributed by atoms with Crippen molar-refractivity contribution in [3.63, 3.8) is 0 Å². The van der Waals surface area contributed by atoms with Crippen LogP contribution in [0.25, 0.3) is 0 Å². The molecule has 8 nitrogen and oxygen atoms in total. The molecule has 2 aliphatic rings. The third-order valence-corrected chi connectivity index (χ3v) is 6.86. The smallest absolute Gasteiger partial charge is 0.226 e. The predicted molar refractivity (Wildman–Crippen MR) is 92.3 cm³/mol. The SMILES string of the molecule is Cc1nn(C)cc1[C@H]1CC(=O)Nc2c1c(C)nn2[C@@H]1CCS(=O)(=O)C1. The van der Waals surface area contributed by atoms with Gasteiger partial charge in [-0.3, -0.25) is 9.48 Å². The van der Waals surface area contributed by atoms with Gasteiger partial charge >= 0.3 is 0 Å². The second-order valence-electron chi connectivity index (χ2n) is 7.00. The lowest BCUT2D eigenvalue weighted by molar-refractivity contribution is -0.116. The van der Waals surface area contributed by atoms with Gasteiger partial charge in [-0.05, 0) is 20.3 Å². The van der Waals surface area contributed by atoms with Gasteiger partial charge in [0.05, 0.1) is 28.9 Å². The molecule has 0 bridgehead atoms. The highest BCUT2D eigenvalue weighted by Crippen LogP contribution is 2.42. The van der Waals surface area contributed by atoms with Crippen molar-refractivity contribution in [3.8, 4) is 0 Å². The van der Waals surface area contributed by atoms with Crippen LogP contribution in [0, 0.1) is 13.8 Å². The van der Waals surface area contributed by atoms with E-state index in [9.17, 15) is 13.2 Å². The van der Waals surface area contributed by atoms with Gasteiger partial charge in [-0.25, -0.2) is 13.1 Å². The Labute approximate surface area is 146 Å². The van der Waals surface area contributed by atoms with Crippen molar-refractivity contribution >= 4 is 21.6 Å². The number of fused-ring (bicyclic) bond motifs is 1. The minimum absolute atomic E-state index is 0.0764. The summed E-state index contributed by atoms with van der Waals surface area (Å²) in [6.07, 6.45) is 2.82. The summed E-state index contributed by atoms with van der Waals surface area (Å²) in [5.41, 5.74) is 3.71. The minimum Gasteiger partial charge on any atom is -0.311 e. The summed E-state index contributed by atoms with van der Waals surface area (Å²) in [5, 5.41) is 11.9. The molecule has 1 fully saturated rings. The summed E-state index contributed by atoms with van der Waals surface area (Å²) in [5.74, 6) is 0.702. The molecule has 2 atom stereocenters. The molecule has 25 heavy (non-hydrogen) atoms. The summed E-state index contributed by atoms with van der Waals surface area (Å²) < 4.78 is 27.2. The first-order valence-corrected chi connectivity index (χ1v) is 10.2. The monoisotopic (exact) mass is 363 g/mol. The zero-order chi connectivity index (χ0) is 17.9. The number of sulfone groups is 1. The molecule has 0 unspecified atom stereocenters. The Morgan fingerprint density at radius 3 is 2.60 bits per heavy atom. The molecule has 9 heteroatoms. The van der Waals surface area contributed by atoms with Crippen LogP contribution in [0.3, 0.4) is 0 Å². The zero-order valence-electron chi connectivity index (χ0n) is 14.5. The third kappa shape index (κ3) is 2.66. The van der Waals surface area contributed by atoms with E-state index in [1.807, 2.05) is 27.1 Å². The zero-order valence-corrected chi connectivity index (χ0v) is 15.3. The van der Waals surface area contributed by atoms with Crippen LogP contribution in [0.1, 0.15) is 47.3 Å². The van der Waals surface area contributed by atoms with Gasteiger partial charge in [-0.15, -0.1) is 0 Å². The molecule has 1 amide bonds. The molecule has 134 valence electrons. The average molecular weight is 363 g/mol. The van der Waals surface area contributed by atoms with Gasteiger partial charge in [0.15, 0.2) is 9.84 Å². The summed E-state index contributed by atoms with van der Waals surface area (Å²) in [6.45, 7) is 3.85. The van der Waals surface area contributed by atoms with E-state index in [4.69, 9.17) is 0 Å². The van der Waals surface area contributed by atoms with Gasteiger partial charge in [0.25, 0.3) is 0 Å². The highest BCUT2D eigenvalue weighted by molar-refractivity contribution is 7.91. The second kappa shape index (κ2) is 5.42. The van der Waals surface area contributed by atoms with E-state index < -0.39 is 9.84 Å². The Kier molecular flexibility index (Phi) is 3.54.